The number of nitrogens with zero attached hydrogens (tertiary/aromatic N) is 5. The first-order valence-corrected chi connectivity index (χ1v) is 19.3. The van der Waals surface area contributed by atoms with Gasteiger partial charge in [-0.05, 0) is 82.0 Å². The standard InChI is InChI=1S/C41H48F3N7O8/c1-40(2,3)59-36(52)11-10-33(37(45)53)50-23-25-20-28(8-9-29(25)39(50)55)58-19-18-57-17-16-49-14-12-27(13-15-49)51-24-26-21-32(34(56-4)22-31(26)48-51)47-38(54)30-6-5-7-35(46-30)41(42,43)44/h5-9,20-22,24,27,33H,10-19,23H2,1-4H3,(H2,45,53)(H,47,54). The van der Waals surface area contributed by atoms with Crippen LogP contribution in [0.25, 0.3) is 10.9 Å². The lowest BCUT2D eigenvalue weighted by molar-refractivity contribution is -0.155. The van der Waals surface area contributed by atoms with Crippen molar-refractivity contribution in [3.63, 3.8) is 0 Å². The Hall–Kier alpha value is -5.75. The molecule has 15 nitrogen and oxygen atoms in total. The van der Waals surface area contributed by atoms with E-state index in [0.29, 0.717) is 48.0 Å². The number of piperidine rings is 1. The topological polar surface area (TPSA) is 180 Å². The molecular formula is C41H48F3N7O8. The molecule has 0 bridgehead atoms. The van der Waals surface area contributed by atoms with E-state index in [9.17, 15) is 32.3 Å². The van der Waals surface area contributed by atoms with Gasteiger partial charge in [-0.25, -0.2) is 4.98 Å². The number of nitrogens with one attached hydrogen (secondary N) is 1. The second-order valence-electron chi connectivity index (χ2n) is 15.4. The van der Waals surface area contributed by atoms with E-state index in [1.807, 2.05) is 10.9 Å². The van der Waals surface area contributed by atoms with Crippen molar-refractivity contribution in [2.75, 3.05) is 51.9 Å². The number of pyridine rings is 1. The van der Waals surface area contributed by atoms with Gasteiger partial charge in [-0.15, -0.1) is 0 Å². The minimum absolute atomic E-state index is 0.0524. The summed E-state index contributed by atoms with van der Waals surface area (Å²) in [5.74, 6) is -1.42. The molecule has 1 unspecified atom stereocenters. The number of fused-ring (bicyclic) bond motifs is 2. The highest BCUT2D eigenvalue weighted by atomic mass is 19.4. The third-order valence-corrected chi connectivity index (χ3v) is 10.00. The molecule has 3 N–H and O–H groups in total. The predicted octanol–water partition coefficient (Wildman–Crippen LogP) is 5.38. The van der Waals surface area contributed by atoms with Crippen LogP contribution in [0.1, 0.15) is 84.6 Å². The minimum Gasteiger partial charge on any atom is -0.494 e. The highest BCUT2D eigenvalue weighted by Crippen LogP contribution is 2.33. The maximum atomic E-state index is 13.1. The number of anilines is 1. The van der Waals surface area contributed by atoms with Gasteiger partial charge >= 0.3 is 12.1 Å². The predicted molar refractivity (Wildman–Crippen MR) is 209 cm³/mol. The average molecular weight is 824 g/mol. The summed E-state index contributed by atoms with van der Waals surface area (Å²) in [6, 6.07) is 10.8. The number of alkyl halides is 3. The van der Waals surface area contributed by atoms with E-state index in [2.05, 4.69) is 15.2 Å². The molecule has 0 saturated carbocycles. The Balaban J connectivity index is 0.924. The highest BCUT2D eigenvalue weighted by molar-refractivity contribution is 6.05. The molecule has 1 fully saturated rings. The van der Waals surface area contributed by atoms with E-state index in [1.165, 1.54) is 18.1 Å². The summed E-state index contributed by atoms with van der Waals surface area (Å²) in [7, 11) is 1.43. The van der Waals surface area contributed by atoms with Crippen LogP contribution in [0.3, 0.4) is 0 Å². The molecule has 316 valence electrons. The van der Waals surface area contributed by atoms with Crippen LogP contribution in [0, 0.1) is 0 Å². The second-order valence-corrected chi connectivity index (χ2v) is 15.4. The van der Waals surface area contributed by atoms with Crippen LogP contribution in [0.2, 0.25) is 0 Å². The number of likely N-dealkylation sites (tertiary alicyclic amines) is 1. The zero-order chi connectivity index (χ0) is 42.5. The van der Waals surface area contributed by atoms with Crippen LogP contribution in [-0.4, -0.2) is 106 Å². The molecule has 0 aliphatic carbocycles. The number of rotatable bonds is 16. The number of halogens is 3. The normalized spacial score (nSPS) is 15.6. The first kappa shape index (κ1) is 42.8. The summed E-state index contributed by atoms with van der Waals surface area (Å²) in [5.41, 5.74) is 5.52. The largest absolute Gasteiger partial charge is 0.494 e. The van der Waals surface area contributed by atoms with Crippen molar-refractivity contribution in [3.8, 4) is 11.5 Å². The zero-order valence-electron chi connectivity index (χ0n) is 33.3. The third kappa shape index (κ3) is 10.9. The number of hydrogen-bond acceptors (Lipinski definition) is 11. The van der Waals surface area contributed by atoms with Crippen molar-refractivity contribution in [2.45, 2.75) is 76.9 Å². The molecule has 0 spiro atoms. The van der Waals surface area contributed by atoms with Gasteiger partial charge in [-0.1, -0.05) is 6.07 Å². The lowest BCUT2D eigenvalue weighted by Gasteiger charge is -2.31. The first-order chi connectivity index (χ1) is 28.0. The average Bonchev–Trinajstić information content (AvgIpc) is 3.74. The first-order valence-electron chi connectivity index (χ1n) is 19.3. The molecule has 2 aliphatic rings. The van der Waals surface area contributed by atoms with Gasteiger partial charge in [0.1, 0.15) is 41.1 Å². The van der Waals surface area contributed by atoms with E-state index < -0.39 is 41.3 Å². The SMILES string of the molecule is COc1cc2nn(C3CCN(CCOCCOc4ccc5c(c4)CN(C(CCC(=O)OC(C)(C)C)C(N)=O)C5=O)CC3)cc2cc1NC(=O)c1cccc(C(F)(F)F)n1. The monoisotopic (exact) mass is 823 g/mol. The number of aromatic nitrogens is 3. The highest BCUT2D eigenvalue weighted by Gasteiger charge is 2.36. The molecule has 6 rings (SSSR count). The number of esters is 1. The van der Waals surface area contributed by atoms with Crippen molar-refractivity contribution in [1.29, 1.82) is 0 Å². The lowest BCUT2D eigenvalue weighted by atomic mass is 10.1. The molecule has 4 aromatic rings. The van der Waals surface area contributed by atoms with Crippen LogP contribution < -0.4 is 20.5 Å². The number of amides is 3. The summed E-state index contributed by atoms with van der Waals surface area (Å²) in [5, 5.41) is 8.10. The van der Waals surface area contributed by atoms with Crippen molar-refractivity contribution in [1.82, 2.24) is 24.6 Å². The maximum absolute atomic E-state index is 13.1. The Kier molecular flexibility index (Phi) is 13.1. The van der Waals surface area contributed by atoms with E-state index in [4.69, 9.17) is 29.8 Å². The van der Waals surface area contributed by atoms with Gasteiger partial charge in [-0.3, -0.25) is 23.9 Å². The molecule has 1 atom stereocenters. The molecule has 2 aromatic carbocycles. The van der Waals surface area contributed by atoms with Gasteiger partial charge in [-0.2, -0.15) is 18.3 Å². The van der Waals surface area contributed by atoms with E-state index >= 15 is 0 Å². The molecule has 18 heteroatoms. The van der Waals surface area contributed by atoms with E-state index in [0.717, 1.165) is 50.0 Å². The number of methoxy groups -OCH3 is 1. The van der Waals surface area contributed by atoms with Gasteiger partial charge in [0.2, 0.25) is 5.91 Å². The fraction of sp³-hybridized carbons (Fsp3) is 0.463. The van der Waals surface area contributed by atoms with Crippen LogP contribution in [0.5, 0.6) is 11.5 Å². The van der Waals surface area contributed by atoms with Gasteiger partial charge in [0.05, 0.1) is 37.6 Å². The summed E-state index contributed by atoms with van der Waals surface area (Å²) in [6.45, 7) is 8.99. The minimum atomic E-state index is -4.68. The summed E-state index contributed by atoms with van der Waals surface area (Å²) >= 11 is 0. The Morgan fingerprint density at radius 2 is 1.78 bits per heavy atom. The number of benzene rings is 2. The fourth-order valence-corrected chi connectivity index (χ4v) is 7.11. The zero-order valence-corrected chi connectivity index (χ0v) is 33.3. The number of hydrogen-bond donors (Lipinski definition) is 2. The number of nitrogens with two attached hydrogens (primary N) is 1. The number of primary amides is 1. The quantitative estimate of drug-likeness (QED) is 0.110. The molecule has 1 saturated heterocycles. The number of carbonyl (C=O) groups excluding carboxylic acids is 4. The third-order valence-electron chi connectivity index (χ3n) is 10.00. The Morgan fingerprint density at radius 3 is 2.47 bits per heavy atom. The number of ether oxygens (including phenoxy) is 4. The maximum Gasteiger partial charge on any atom is 0.433 e. The summed E-state index contributed by atoms with van der Waals surface area (Å²) in [6.07, 6.45) is -1.09. The molecule has 3 amide bonds. The molecule has 2 aliphatic heterocycles. The van der Waals surface area contributed by atoms with Crippen molar-refractivity contribution in [2.24, 2.45) is 5.73 Å². The van der Waals surface area contributed by atoms with E-state index in [1.54, 1.807) is 51.1 Å². The smallest absolute Gasteiger partial charge is 0.433 e. The number of carbonyl (C=O) groups is 4. The Labute approximate surface area is 338 Å². The van der Waals surface area contributed by atoms with Gasteiger partial charge < -0.3 is 39.8 Å². The molecule has 0 radical (unpaired) electrons. The van der Waals surface area contributed by atoms with Crippen LogP contribution in [-0.2, 0) is 31.8 Å². The molecule has 4 heterocycles. The summed E-state index contributed by atoms with van der Waals surface area (Å²) in [4.78, 5) is 57.7. The Bertz CT molecular complexity index is 2180. The van der Waals surface area contributed by atoms with Crippen LogP contribution >= 0.6 is 0 Å². The fourth-order valence-electron chi connectivity index (χ4n) is 7.11. The van der Waals surface area contributed by atoms with Crippen molar-refractivity contribution in [3.05, 3.63) is 77.2 Å². The van der Waals surface area contributed by atoms with Crippen LogP contribution in [0.15, 0.2) is 54.7 Å². The molecule has 2 aromatic heterocycles. The van der Waals surface area contributed by atoms with Gasteiger partial charge in [0, 0.05) is 55.8 Å². The van der Waals surface area contributed by atoms with Crippen LogP contribution in [0.4, 0.5) is 18.9 Å². The van der Waals surface area contributed by atoms with Gasteiger partial charge in [0.25, 0.3) is 11.8 Å². The van der Waals surface area contributed by atoms with Gasteiger partial charge in [0.15, 0.2) is 0 Å². The van der Waals surface area contributed by atoms with E-state index in [-0.39, 0.29) is 42.7 Å². The lowest BCUT2D eigenvalue weighted by Crippen LogP contribution is -2.45. The molecule has 59 heavy (non-hydrogen) atoms. The molecular weight excluding hydrogens is 775 g/mol. The summed E-state index contributed by atoms with van der Waals surface area (Å²) < 4.78 is 63.8. The Morgan fingerprint density at radius 1 is 1.02 bits per heavy atom. The second kappa shape index (κ2) is 18.0. The van der Waals surface area contributed by atoms with Crippen molar-refractivity contribution >= 4 is 40.3 Å². The van der Waals surface area contributed by atoms with Crippen molar-refractivity contribution < 1.29 is 51.3 Å².